The maximum Gasteiger partial charge on any atom is 0.435 e. The van der Waals surface area contributed by atoms with Crippen molar-refractivity contribution in [2.75, 3.05) is 13.1 Å². The van der Waals surface area contributed by atoms with E-state index in [2.05, 4.69) is 35.5 Å². The average Bonchev–Trinajstić information content (AvgIpc) is 3.88. The first kappa shape index (κ1) is 33.4. The molecular weight excluding hydrogens is 634 g/mol. The normalized spacial score (nSPS) is 16.7. The van der Waals surface area contributed by atoms with Crippen LogP contribution in [0.4, 0.5) is 13.2 Å². The summed E-state index contributed by atoms with van der Waals surface area (Å²) in [5.41, 5.74) is 2.77. The van der Waals surface area contributed by atoms with Crippen molar-refractivity contribution in [1.29, 1.82) is 0 Å². The van der Waals surface area contributed by atoms with Gasteiger partial charge in [-0.25, -0.2) is 19.6 Å². The van der Waals surface area contributed by atoms with Crippen LogP contribution in [0.5, 0.6) is 0 Å². The summed E-state index contributed by atoms with van der Waals surface area (Å²) in [4.78, 5) is 32.6. The Kier molecular flexibility index (Phi) is 10.7. The van der Waals surface area contributed by atoms with Crippen molar-refractivity contribution in [3.8, 4) is 5.69 Å². The Morgan fingerprint density at radius 3 is 2.63 bits per heavy atom. The van der Waals surface area contributed by atoms with Crippen molar-refractivity contribution in [3.63, 3.8) is 0 Å². The van der Waals surface area contributed by atoms with Gasteiger partial charge in [0, 0.05) is 66.1 Å². The molecule has 0 bridgehead atoms. The van der Waals surface area contributed by atoms with Crippen LogP contribution in [0.25, 0.3) is 5.69 Å². The largest absolute Gasteiger partial charge is 0.435 e. The fraction of sp³-hybridized carbons (Fsp3) is 0.357. The zero-order chi connectivity index (χ0) is 31.4. The second-order valence-corrected chi connectivity index (χ2v) is 11.4. The number of thiazole rings is 1. The van der Waals surface area contributed by atoms with E-state index in [4.69, 9.17) is 9.82 Å². The molecule has 18 heteroatoms. The zero-order valence-corrected chi connectivity index (χ0v) is 27.8. The Hall–Kier alpha value is -3.93. The second kappa shape index (κ2) is 14.7. The Morgan fingerprint density at radius 2 is 1.98 bits per heavy atom. The Labute approximate surface area is 287 Å². The van der Waals surface area contributed by atoms with Crippen LogP contribution in [0.3, 0.4) is 0 Å². The van der Waals surface area contributed by atoms with Crippen LogP contribution >= 0.6 is 11.3 Å². The molecule has 4 aromatic heterocycles. The summed E-state index contributed by atoms with van der Waals surface area (Å²) in [5, 5.41) is 21.0. The van der Waals surface area contributed by atoms with Gasteiger partial charge in [-0.05, 0) is 43.5 Å². The average molecular weight is 663 g/mol. The molecule has 1 fully saturated rings. The molecule has 0 spiro atoms. The van der Waals surface area contributed by atoms with Gasteiger partial charge in [0.25, 0.3) is 0 Å². The molecule has 1 radical (unpaired) electrons. The number of nitrogens with zero attached hydrogens (tertiary/aromatic N) is 10. The van der Waals surface area contributed by atoms with Crippen molar-refractivity contribution in [2.24, 2.45) is 5.16 Å². The molecule has 0 aliphatic carbocycles. The van der Waals surface area contributed by atoms with Gasteiger partial charge in [-0.3, -0.25) is 14.6 Å². The van der Waals surface area contributed by atoms with Gasteiger partial charge in [0.15, 0.2) is 11.8 Å². The number of alkyl halides is 3. The Bertz CT molecular complexity index is 1730. The van der Waals surface area contributed by atoms with E-state index in [9.17, 15) is 18.0 Å². The van der Waals surface area contributed by atoms with Gasteiger partial charge in [0.05, 0.1) is 16.4 Å². The smallest absolute Gasteiger partial charge is 0.387 e. The minimum absolute atomic E-state index is 0. The molecule has 7 rings (SSSR count). The number of carbonyl (C=O) groups is 1. The fourth-order valence-electron chi connectivity index (χ4n) is 5.10. The number of carbonyl (C=O) groups excluding carboxylic acids is 1. The number of H-pyrrole nitrogens is 1. The number of aromatic nitrogens is 9. The number of halogens is 3. The molecular formula is C28H28F3N11NaO2S. The predicted molar refractivity (Wildman–Crippen MR) is 161 cm³/mol. The van der Waals surface area contributed by atoms with Crippen LogP contribution in [-0.2, 0) is 22.4 Å². The van der Waals surface area contributed by atoms with Crippen LogP contribution in [0.15, 0.2) is 66.2 Å². The Balaban J connectivity index is 0.000000635. The maximum absolute atomic E-state index is 12.9. The van der Waals surface area contributed by atoms with Crippen molar-refractivity contribution < 1.29 is 22.8 Å². The van der Waals surface area contributed by atoms with Gasteiger partial charge in [-0.1, -0.05) is 17.3 Å². The van der Waals surface area contributed by atoms with E-state index < -0.39 is 11.9 Å². The van der Waals surface area contributed by atoms with Gasteiger partial charge in [-0.15, -0.1) is 11.3 Å². The predicted octanol–water partition coefficient (Wildman–Crippen LogP) is 3.94. The number of nitrogens with one attached hydrogen (secondary N) is 1. The molecule has 1 amide bonds. The van der Waals surface area contributed by atoms with Gasteiger partial charge >= 0.3 is 6.18 Å². The van der Waals surface area contributed by atoms with Crippen LogP contribution in [0.1, 0.15) is 58.9 Å². The van der Waals surface area contributed by atoms with E-state index >= 15 is 0 Å². The first-order valence-electron chi connectivity index (χ1n) is 14.1. The number of amides is 1. The monoisotopic (exact) mass is 662 g/mol. The minimum Gasteiger partial charge on any atom is -0.387 e. The molecule has 0 saturated carbocycles. The maximum atomic E-state index is 12.9. The number of aromatic amines is 1. The third kappa shape index (κ3) is 7.89. The van der Waals surface area contributed by atoms with Crippen molar-refractivity contribution in [1.82, 2.24) is 49.6 Å². The van der Waals surface area contributed by atoms with Crippen LogP contribution < -0.4 is 0 Å². The molecule has 1 atom stereocenters. The summed E-state index contributed by atoms with van der Waals surface area (Å²) in [7, 11) is 0. The SMILES string of the molecule is Cc1cc(C(F)(F)F)nn1CC(=O)N1CCC(c2nc(C3=NOC(c4cccc(-n5cncn5)c4)C3)cs2)CC1.[Na].c1nc[nH]n1. The molecule has 1 N–H and O–H groups in total. The molecule has 5 aromatic rings. The van der Waals surface area contributed by atoms with Crippen LogP contribution in [0.2, 0.25) is 0 Å². The summed E-state index contributed by atoms with van der Waals surface area (Å²) in [5.74, 6) is -0.0428. The Morgan fingerprint density at radius 1 is 1.15 bits per heavy atom. The minimum atomic E-state index is -4.54. The summed E-state index contributed by atoms with van der Waals surface area (Å²) < 4.78 is 41.6. The van der Waals surface area contributed by atoms with E-state index in [0.717, 1.165) is 51.3 Å². The van der Waals surface area contributed by atoms with Gasteiger partial charge in [0.1, 0.15) is 37.6 Å². The first-order chi connectivity index (χ1) is 21.7. The number of aryl methyl sites for hydroxylation is 1. The molecule has 1 aromatic carbocycles. The zero-order valence-electron chi connectivity index (χ0n) is 25.0. The number of hydrogen-bond acceptors (Lipinski definition) is 10. The molecule has 46 heavy (non-hydrogen) atoms. The molecule has 1 saturated heterocycles. The summed E-state index contributed by atoms with van der Waals surface area (Å²) in [6, 6.07) is 8.85. The molecule has 2 aliphatic heterocycles. The molecule has 6 heterocycles. The topological polar surface area (TPSA) is 145 Å². The molecule has 235 valence electrons. The summed E-state index contributed by atoms with van der Waals surface area (Å²) in [6.45, 7) is 2.33. The van der Waals surface area contributed by atoms with Crippen LogP contribution in [-0.4, -0.2) is 104 Å². The quantitative estimate of drug-likeness (QED) is 0.269. The van der Waals surface area contributed by atoms with E-state index in [1.54, 1.807) is 27.2 Å². The number of hydrogen-bond donors (Lipinski definition) is 1. The first-order valence-corrected chi connectivity index (χ1v) is 14.9. The van der Waals surface area contributed by atoms with Gasteiger partial charge in [0.2, 0.25) is 5.91 Å². The number of benzene rings is 1. The summed E-state index contributed by atoms with van der Waals surface area (Å²) >= 11 is 1.57. The molecule has 13 nitrogen and oxygen atoms in total. The third-order valence-electron chi connectivity index (χ3n) is 7.50. The van der Waals surface area contributed by atoms with Crippen LogP contribution in [0, 0.1) is 6.92 Å². The molecule has 2 aliphatic rings. The molecule has 1 unspecified atom stereocenters. The van der Waals surface area contributed by atoms with E-state index in [-0.39, 0.29) is 54.0 Å². The van der Waals surface area contributed by atoms with Gasteiger partial charge < -0.3 is 9.74 Å². The summed E-state index contributed by atoms with van der Waals surface area (Å²) in [6.07, 6.45) is 3.38. The van der Waals surface area contributed by atoms with Crippen molar-refractivity contribution in [2.45, 2.75) is 50.9 Å². The van der Waals surface area contributed by atoms with E-state index in [0.29, 0.717) is 25.2 Å². The second-order valence-electron chi connectivity index (χ2n) is 10.5. The number of likely N-dealkylation sites (tertiary alicyclic amines) is 1. The number of rotatable bonds is 6. The van der Waals surface area contributed by atoms with Crippen molar-refractivity contribution >= 4 is 52.5 Å². The number of piperidine rings is 1. The third-order valence-corrected chi connectivity index (χ3v) is 8.50. The fourth-order valence-corrected chi connectivity index (χ4v) is 6.10. The van der Waals surface area contributed by atoms with E-state index in [1.165, 1.54) is 25.9 Å². The van der Waals surface area contributed by atoms with Crippen molar-refractivity contribution in [3.05, 3.63) is 88.7 Å². The standard InChI is InChI=1S/C26H25F3N8O2S.C2H3N3.Na/c1-16-9-23(26(27,28)29)33-36(16)12-24(38)35-7-5-17(6-8-35)25-32-21(13-40-25)20-11-22(39-34-20)18-3-2-4-19(10-18)37-15-30-14-31-37;1-3-2-5-4-1;/h2-4,9-10,13-15,17,22H,5-8,11-12H2,1H3;1-2H,(H,3,4,5);. The van der Waals surface area contributed by atoms with E-state index in [1.807, 2.05) is 29.6 Å². The van der Waals surface area contributed by atoms with Gasteiger partial charge in [-0.2, -0.15) is 28.5 Å². The number of oxime groups is 1.